The average molecular weight is 273 g/mol. The summed E-state index contributed by atoms with van der Waals surface area (Å²) in [5.41, 5.74) is 3.75. The third-order valence-corrected chi connectivity index (χ3v) is 3.27. The van der Waals surface area contributed by atoms with Crippen LogP contribution in [0, 0.1) is 19.7 Å². The normalized spacial score (nSPS) is 10.3. The molecular weight excluding hydrogens is 257 g/mol. The highest BCUT2D eigenvalue weighted by atomic mass is 19.1. The lowest BCUT2D eigenvalue weighted by Gasteiger charge is -2.09. The van der Waals surface area contributed by atoms with E-state index < -0.39 is 11.8 Å². The Morgan fingerprint density at radius 2 is 1.90 bits per heavy atom. The van der Waals surface area contributed by atoms with Gasteiger partial charge < -0.3 is 10.4 Å². The van der Waals surface area contributed by atoms with Crippen LogP contribution in [0.5, 0.6) is 0 Å². The van der Waals surface area contributed by atoms with E-state index in [9.17, 15) is 9.18 Å². The first-order chi connectivity index (χ1) is 9.47. The molecule has 0 bridgehead atoms. The fourth-order valence-electron chi connectivity index (χ4n) is 1.90. The first-order valence-corrected chi connectivity index (χ1v) is 6.30. The van der Waals surface area contributed by atoms with Gasteiger partial charge in [-0.1, -0.05) is 12.1 Å². The Morgan fingerprint density at radius 3 is 2.50 bits per heavy atom. The lowest BCUT2D eigenvalue weighted by Crippen LogP contribution is -2.04. The minimum absolute atomic E-state index is 0.306. The number of aromatic carboxylic acids is 1. The van der Waals surface area contributed by atoms with E-state index in [1.54, 1.807) is 6.07 Å². The molecule has 0 saturated carbocycles. The molecule has 3 nitrogen and oxygen atoms in total. The van der Waals surface area contributed by atoms with Crippen molar-refractivity contribution in [1.29, 1.82) is 0 Å². The smallest absolute Gasteiger partial charge is 0.338 e. The third-order valence-electron chi connectivity index (χ3n) is 3.27. The number of nitrogens with one attached hydrogen (secondary N) is 1. The quantitative estimate of drug-likeness (QED) is 0.891. The van der Waals surface area contributed by atoms with Crippen molar-refractivity contribution in [3.05, 3.63) is 64.5 Å². The van der Waals surface area contributed by atoms with E-state index in [4.69, 9.17) is 5.11 Å². The van der Waals surface area contributed by atoms with E-state index in [1.807, 2.05) is 32.0 Å². The molecule has 20 heavy (non-hydrogen) atoms. The van der Waals surface area contributed by atoms with Crippen molar-refractivity contribution < 1.29 is 14.3 Å². The summed E-state index contributed by atoms with van der Waals surface area (Å²) in [6.07, 6.45) is 0. The van der Waals surface area contributed by atoms with Crippen molar-refractivity contribution in [2.45, 2.75) is 20.4 Å². The Kier molecular flexibility index (Phi) is 4.03. The van der Waals surface area contributed by atoms with Gasteiger partial charge in [-0.05, 0) is 54.8 Å². The number of carboxylic acid groups (broad SMARTS) is 1. The second kappa shape index (κ2) is 5.74. The molecule has 0 spiro atoms. The molecule has 0 aromatic heterocycles. The molecule has 104 valence electrons. The maximum atomic E-state index is 13.5. The lowest BCUT2D eigenvalue weighted by molar-refractivity contribution is 0.0692. The Balaban J connectivity index is 2.09. The summed E-state index contributed by atoms with van der Waals surface area (Å²) >= 11 is 0. The summed E-state index contributed by atoms with van der Waals surface area (Å²) < 4.78 is 13.5. The number of benzene rings is 2. The minimum atomic E-state index is -1.25. The van der Waals surface area contributed by atoms with Crippen molar-refractivity contribution >= 4 is 11.7 Å². The molecule has 0 atom stereocenters. The molecule has 2 aromatic carbocycles. The Bertz CT molecular complexity index is 653. The fraction of sp³-hybridized carbons (Fsp3) is 0.188. The van der Waals surface area contributed by atoms with Crippen LogP contribution in [0.25, 0.3) is 0 Å². The number of carboxylic acids is 1. The van der Waals surface area contributed by atoms with Crippen LogP contribution in [0.3, 0.4) is 0 Å². The molecule has 2 aromatic rings. The molecule has 0 amide bonds. The molecule has 0 aliphatic heterocycles. The molecule has 0 aliphatic rings. The van der Waals surface area contributed by atoms with Gasteiger partial charge in [0.25, 0.3) is 0 Å². The van der Waals surface area contributed by atoms with Crippen molar-refractivity contribution in [3.8, 4) is 0 Å². The van der Waals surface area contributed by atoms with Gasteiger partial charge >= 0.3 is 5.97 Å². The van der Waals surface area contributed by atoms with Gasteiger partial charge in [-0.15, -0.1) is 0 Å². The molecule has 2 rings (SSSR count). The molecule has 0 fully saturated rings. The number of halogens is 1. The van der Waals surface area contributed by atoms with Crippen molar-refractivity contribution in [2.24, 2.45) is 0 Å². The Morgan fingerprint density at radius 1 is 1.15 bits per heavy atom. The Hall–Kier alpha value is -2.36. The highest BCUT2D eigenvalue weighted by molar-refractivity contribution is 5.87. The van der Waals surface area contributed by atoms with Gasteiger partial charge in [-0.25, -0.2) is 9.18 Å². The summed E-state index contributed by atoms with van der Waals surface area (Å²) in [5.74, 6) is -1.96. The van der Waals surface area contributed by atoms with Crippen molar-refractivity contribution in [3.63, 3.8) is 0 Å². The molecule has 4 heteroatoms. The monoisotopic (exact) mass is 273 g/mol. The molecular formula is C16H16FNO2. The second-order valence-electron chi connectivity index (χ2n) is 4.77. The topological polar surface area (TPSA) is 49.3 Å². The summed E-state index contributed by atoms with van der Waals surface area (Å²) in [7, 11) is 0. The van der Waals surface area contributed by atoms with E-state index in [1.165, 1.54) is 23.3 Å². The van der Waals surface area contributed by atoms with Crippen LogP contribution in [0.4, 0.5) is 10.1 Å². The molecule has 0 saturated heterocycles. The van der Waals surface area contributed by atoms with E-state index in [0.29, 0.717) is 12.1 Å². The van der Waals surface area contributed by atoms with E-state index in [0.717, 1.165) is 5.69 Å². The number of rotatable bonds is 4. The van der Waals surface area contributed by atoms with E-state index >= 15 is 0 Å². The summed E-state index contributed by atoms with van der Waals surface area (Å²) in [6, 6.07) is 10.2. The molecule has 0 aliphatic carbocycles. The van der Waals surface area contributed by atoms with Gasteiger partial charge in [0.15, 0.2) is 0 Å². The predicted molar refractivity (Wildman–Crippen MR) is 76.6 cm³/mol. The number of carbonyl (C=O) groups is 1. The lowest BCUT2D eigenvalue weighted by atomic mass is 10.1. The highest BCUT2D eigenvalue weighted by Crippen LogP contribution is 2.16. The Labute approximate surface area is 117 Å². The van der Waals surface area contributed by atoms with Crippen LogP contribution in [0.2, 0.25) is 0 Å². The third kappa shape index (κ3) is 3.15. The number of hydrogen-bond acceptors (Lipinski definition) is 2. The van der Waals surface area contributed by atoms with Crippen LogP contribution in [-0.2, 0) is 6.54 Å². The standard InChI is InChI=1S/C16H16FNO2/c1-10-3-5-13(7-11(10)2)18-9-12-4-6-14(16(19)20)15(17)8-12/h3-8,18H,9H2,1-2H3,(H,19,20). The maximum absolute atomic E-state index is 13.5. The molecule has 2 N–H and O–H groups in total. The van der Waals surface area contributed by atoms with E-state index in [-0.39, 0.29) is 5.56 Å². The zero-order chi connectivity index (χ0) is 14.7. The van der Waals surface area contributed by atoms with Crippen molar-refractivity contribution in [2.75, 3.05) is 5.32 Å². The molecule has 0 heterocycles. The number of aryl methyl sites for hydroxylation is 2. The second-order valence-corrected chi connectivity index (χ2v) is 4.77. The predicted octanol–water partition coefficient (Wildman–Crippen LogP) is 3.75. The van der Waals surface area contributed by atoms with Gasteiger partial charge in [-0.3, -0.25) is 0 Å². The number of anilines is 1. The first kappa shape index (κ1) is 14.1. The SMILES string of the molecule is Cc1ccc(NCc2ccc(C(=O)O)c(F)c2)cc1C. The van der Waals surface area contributed by atoms with Gasteiger partial charge in [0.05, 0.1) is 5.56 Å². The van der Waals surface area contributed by atoms with Gasteiger partial charge in [0.2, 0.25) is 0 Å². The molecule has 0 unspecified atom stereocenters. The van der Waals surface area contributed by atoms with Crippen LogP contribution >= 0.6 is 0 Å². The number of hydrogen-bond donors (Lipinski definition) is 2. The zero-order valence-electron chi connectivity index (χ0n) is 11.4. The van der Waals surface area contributed by atoms with Crippen molar-refractivity contribution in [1.82, 2.24) is 0 Å². The van der Waals surface area contributed by atoms with Crippen LogP contribution < -0.4 is 5.32 Å². The highest BCUT2D eigenvalue weighted by Gasteiger charge is 2.10. The summed E-state index contributed by atoms with van der Waals surface area (Å²) in [6.45, 7) is 4.51. The first-order valence-electron chi connectivity index (χ1n) is 6.30. The minimum Gasteiger partial charge on any atom is -0.478 e. The van der Waals surface area contributed by atoms with Crippen LogP contribution in [-0.4, -0.2) is 11.1 Å². The van der Waals surface area contributed by atoms with Crippen LogP contribution in [0.1, 0.15) is 27.0 Å². The zero-order valence-corrected chi connectivity index (χ0v) is 11.4. The largest absolute Gasteiger partial charge is 0.478 e. The van der Waals surface area contributed by atoms with E-state index in [2.05, 4.69) is 5.32 Å². The van der Waals surface area contributed by atoms with Gasteiger partial charge in [0.1, 0.15) is 5.82 Å². The van der Waals surface area contributed by atoms with Gasteiger partial charge in [0, 0.05) is 12.2 Å². The average Bonchev–Trinajstić information content (AvgIpc) is 2.40. The van der Waals surface area contributed by atoms with Crippen LogP contribution in [0.15, 0.2) is 36.4 Å². The molecule has 0 radical (unpaired) electrons. The summed E-state index contributed by atoms with van der Waals surface area (Å²) in [4.78, 5) is 10.7. The van der Waals surface area contributed by atoms with Gasteiger partial charge in [-0.2, -0.15) is 0 Å². The fourth-order valence-corrected chi connectivity index (χ4v) is 1.90. The summed E-state index contributed by atoms with van der Waals surface area (Å²) in [5, 5.41) is 12.0. The maximum Gasteiger partial charge on any atom is 0.338 e.